The first-order valence-corrected chi connectivity index (χ1v) is 13.2. The van der Waals surface area contributed by atoms with Crippen LogP contribution < -0.4 is 10.6 Å². The molecule has 1 aromatic heterocycles. The minimum absolute atomic E-state index is 0. The summed E-state index contributed by atoms with van der Waals surface area (Å²) in [7, 11) is -3.36. The van der Waals surface area contributed by atoms with Gasteiger partial charge < -0.3 is 15.7 Å². The highest BCUT2D eigenvalue weighted by Crippen LogP contribution is 2.33. The number of phenolic OH excluding ortho intramolecular Hbond substituents is 1. The van der Waals surface area contributed by atoms with Gasteiger partial charge in [0.1, 0.15) is 11.3 Å². The maximum atomic E-state index is 12.9. The lowest BCUT2D eigenvalue weighted by molar-refractivity contribution is 0.475. The Morgan fingerprint density at radius 2 is 1.75 bits per heavy atom. The number of hydrogen-bond donors (Lipinski definition) is 3. The summed E-state index contributed by atoms with van der Waals surface area (Å²) < 4.78 is 25.8. The second-order valence-corrected chi connectivity index (χ2v) is 11.2. The van der Waals surface area contributed by atoms with Gasteiger partial charge in [0.05, 0.1) is 15.7 Å². The van der Waals surface area contributed by atoms with Crippen molar-refractivity contribution in [2.75, 3.05) is 18.4 Å². The van der Waals surface area contributed by atoms with Crippen LogP contribution in [0.1, 0.15) is 18.4 Å². The number of hydrogen-bond acceptors (Lipinski definition) is 8. The monoisotopic (exact) mass is 545 g/mol. The van der Waals surface area contributed by atoms with Crippen molar-refractivity contribution in [2.24, 2.45) is 0 Å². The van der Waals surface area contributed by atoms with Gasteiger partial charge in [-0.2, -0.15) is 0 Å². The second-order valence-electron chi connectivity index (χ2n) is 8.60. The lowest BCUT2D eigenvalue weighted by atomic mass is 10.0. The minimum atomic E-state index is -3.36. The Balaban J connectivity index is 0.00000304. The first-order valence-electron chi connectivity index (χ1n) is 11.3. The summed E-state index contributed by atoms with van der Waals surface area (Å²) in [6.45, 7) is 3.36. The van der Waals surface area contributed by atoms with Gasteiger partial charge in [-0.05, 0) is 98.6 Å². The molecule has 1 saturated heterocycles. The Hall–Kier alpha value is -2.98. The summed E-state index contributed by atoms with van der Waals surface area (Å²) in [4.78, 5) is 4.92. The Morgan fingerprint density at radius 3 is 2.47 bits per heavy atom. The highest BCUT2D eigenvalue weighted by molar-refractivity contribution is 7.92. The molecule has 11 heteroatoms. The number of fused-ring (bicyclic) bond motifs is 1. The first kappa shape index (κ1) is 26.1. The van der Waals surface area contributed by atoms with Crippen molar-refractivity contribution < 1.29 is 13.5 Å². The van der Waals surface area contributed by atoms with E-state index in [4.69, 9.17) is 11.6 Å². The summed E-state index contributed by atoms with van der Waals surface area (Å²) in [6, 6.07) is 15.2. The molecule has 1 fully saturated rings. The molecule has 1 aliphatic heterocycles. The summed E-state index contributed by atoms with van der Waals surface area (Å²) in [5.74, 6) is 0.429. The number of sulfone groups is 1. The molecule has 3 aromatic carbocycles. The molecule has 0 amide bonds. The molecule has 2 heterocycles. The zero-order valence-corrected chi connectivity index (χ0v) is 21.8. The normalized spacial score (nSPS) is 14.4. The van der Waals surface area contributed by atoms with Gasteiger partial charge in [0, 0.05) is 16.3 Å². The quantitative estimate of drug-likeness (QED) is 0.319. The number of nitrogens with one attached hydrogen (secondary N) is 2. The topological polar surface area (TPSA) is 117 Å². The third-order valence-corrected chi connectivity index (χ3v) is 8.78. The summed E-state index contributed by atoms with van der Waals surface area (Å²) in [5, 5.41) is 24.8. The lowest BCUT2D eigenvalue weighted by Crippen LogP contribution is -2.35. The van der Waals surface area contributed by atoms with Crippen LogP contribution >= 0.6 is 24.0 Å². The molecule has 0 aliphatic carbocycles. The van der Waals surface area contributed by atoms with Crippen molar-refractivity contribution in [3.8, 4) is 16.9 Å². The second kappa shape index (κ2) is 10.6. The van der Waals surface area contributed by atoms with Gasteiger partial charge in [-0.15, -0.1) is 22.6 Å². The van der Waals surface area contributed by atoms with E-state index < -0.39 is 9.84 Å². The molecule has 0 bridgehead atoms. The van der Waals surface area contributed by atoms with E-state index in [0.29, 0.717) is 51.0 Å². The van der Waals surface area contributed by atoms with Gasteiger partial charge in [0.2, 0.25) is 5.95 Å². The number of aryl methyl sites for hydroxylation is 1. The van der Waals surface area contributed by atoms with E-state index in [1.807, 2.05) is 19.1 Å². The molecule has 4 aromatic rings. The zero-order valence-electron chi connectivity index (χ0n) is 19.4. The summed E-state index contributed by atoms with van der Waals surface area (Å²) in [5.41, 5.74) is 4.30. The number of phenols is 1. The van der Waals surface area contributed by atoms with Crippen molar-refractivity contribution in [2.45, 2.75) is 29.9 Å². The molecule has 0 unspecified atom stereocenters. The van der Waals surface area contributed by atoms with Gasteiger partial charge in [-0.25, -0.2) is 13.4 Å². The smallest absolute Gasteiger partial charge is 0.247 e. The molecule has 0 atom stereocenters. The fourth-order valence-electron chi connectivity index (χ4n) is 4.31. The molecule has 1 aliphatic rings. The molecular formula is C25H25Cl2N5O3S. The van der Waals surface area contributed by atoms with Gasteiger partial charge >= 0.3 is 0 Å². The number of nitrogens with zero attached hydrogens (tertiary/aromatic N) is 3. The van der Waals surface area contributed by atoms with E-state index in [2.05, 4.69) is 25.8 Å². The molecule has 0 spiro atoms. The highest BCUT2D eigenvalue weighted by atomic mass is 35.5. The van der Waals surface area contributed by atoms with Crippen molar-refractivity contribution >= 4 is 56.5 Å². The fourth-order valence-corrected chi connectivity index (χ4v) is 6.29. The van der Waals surface area contributed by atoms with Gasteiger partial charge in [-0.1, -0.05) is 11.6 Å². The van der Waals surface area contributed by atoms with E-state index in [1.54, 1.807) is 36.4 Å². The maximum absolute atomic E-state index is 12.9. The van der Waals surface area contributed by atoms with E-state index in [-0.39, 0.29) is 23.4 Å². The van der Waals surface area contributed by atoms with E-state index >= 15 is 0 Å². The lowest BCUT2D eigenvalue weighted by Gasteiger charge is -2.22. The first-order chi connectivity index (χ1) is 16.8. The fraction of sp³-hybridized carbons (Fsp3) is 0.240. The van der Waals surface area contributed by atoms with Gasteiger partial charge in [0.15, 0.2) is 9.84 Å². The van der Waals surface area contributed by atoms with Crippen LogP contribution in [0, 0.1) is 6.92 Å². The SMILES string of the molecule is Cc1cc(-c2cc(O)ccc2Cl)cc2nnc(Nc3ccc(S(=O)(=O)C4CCNCC4)cc3)nc12.Cl. The summed E-state index contributed by atoms with van der Waals surface area (Å²) in [6.07, 6.45) is 1.25. The van der Waals surface area contributed by atoms with Crippen molar-refractivity contribution in [3.63, 3.8) is 0 Å². The molecular weight excluding hydrogens is 521 g/mol. The Bertz CT molecular complexity index is 1510. The molecule has 188 valence electrons. The molecule has 8 nitrogen and oxygen atoms in total. The van der Waals surface area contributed by atoms with Crippen LogP contribution in [-0.2, 0) is 9.84 Å². The molecule has 0 saturated carbocycles. The van der Waals surface area contributed by atoms with Crippen LogP contribution in [0.25, 0.3) is 22.2 Å². The number of benzene rings is 3. The van der Waals surface area contributed by atoms with Crippen molar-refractivity contribution in [3.05, 3.63) is 65.2 Å². The predicted octanol–water partition coefficient (Wildman–Crippen LogP) is 5.05. The third-order valence-electron chi connectivity index (χ3n) is 6.18. The van der Waals surface area contributed by atoms with Crippen LogP contribution in [0.5, 0.6) is 5.75 Å². The average Bonchev–Trinajstić information content (AvgIpc) is 2.86. The minimum Gasteiger partial charge on any atom is -0.508 e. The number of piperidine rings is 1. The van der Waals surface area contributed by atoms with E-state index in [1.165, 1.54) is 6.07 Å². The van der Waals surface area contributed by atoms with Gasteiger partial charge in [-0.3, -0.25) is 0 Å². The third kappa shape index (κ3) is 5.24. The summed E-state index contributed by atoms with van der Waals surface area (Å²) >= 11 is 6.32. The number of aromatic hydroxyl groups is 1. The molecule has 3 N–H and O–H groups in total. The standard InChI is InChI=1S/C25H24ClN5O3S.ClH/c1-15-12-16(21-14-18(32)4-7-22(21)26)13-23-24(15)29-25(31-30-23)28-17-2-5-19(6-3-17)35(33,34)20-8-10-27-11-9-20;/h2-7,12-14,20,27,32H,8-11H2,1H3,(H,28,29,31);1H. The average molecular weight is 546 g/mol. The number of rotatable bonds is 5. The van der Waals surface area contributed by atoms with Crippen LogP contribution in [0.4, 0.5) is 11.6 Å². The van der Waals surface area contributed by atoms with Crippen molar-refractivity contribution in [1.29, 1.82) is 0 Å². The largest absolute Gasteiger partial charge is 0.508 e. The number of aromatic nitrogens is 3. The number of anilines is 2. The number of halogens is 2. The maximum Gasteiger partial charge on any atom is 0.247 e. The van der Waals surface area contributed by atoms with Crippen LogP contribution in [-0.4, -0.2) is 47.0 Å². The zero-order chi connectivity index (χ0) is 24.6. The Kier molecular flexibility index (Phi) is 7.65. The van der Waals surface area contributed by atoms with Crippen LogP contribution in [0.15, 0.2) is 59.5 Å². The Labute approximate surface area is 220 Å². The Morgan fingerprint density at radius 1 is 1.03 bits per heavy atom. The highest BCUT2D eigenvalue weighted by Gasteiger charge is 2.28. The molecule has 0 radical (unpaired) electrons. The van der Waals surface area contributed by atoms with Crippen LogP contribution in [0.2, 0.25) is 5.02 Å². The molecule has 5 rings (SSSR count). The van der Waals surface area contributed by atoms with Crippen LogP contribution in [0.3, 0.4) is 0 Å². The van der Waals surface area contributed by atoms with Gasteiger partial charge in [0.25, 0.3) is 0 Å². The molecule has 36 heavy (non-hydrogen) atoms. The van der Waals surface area contributed by atoms with E-state index in [0.717, 1.165) is 24.2 Å². The predicted molar refractivity (Wildman–Crippen MR) is 144 cm³/mol. The van der Waals surface area contributed by atoms with E-state index in [9.17, 15) is 13.5 Å². The van der Waals surface area contributed by atoms with Crippen molar-refractivity contribution in [1.82, 2.24) is 20.5 Å².